The Bertz CT molecular complexity index is 213. The van der Waals surface area contributed by atoms with Crippen molar-refractivity contribution in [3.05, 3.63) is 35.9 Å². The van der Waals surface area contributed by atoms with Crippen molar-refractivity contribution in [2.45, 2.75) is 6.54 Å². The summed E-state index contributed by atoms with van der Waals surface area (Å²) >= 11 is 0. The van der Waals surface area contributed by atoms with Gasteiger partial charge in [-0.1, -0.05) is 30.3 Å². The van der Waals surface area contributed by atoms with Crippen molar-refractivity contribution in [1.82, 2.24) is 0 Å². The molecule has 0 amide bonds. The van der Waals surface area contributed by atoms with Crippen LogP contribution in [-0.4, -0.2) is 25.6 Å². The maximum absolute atomic E-state index is 2.20. The van der Waals surface area contributed by atoms with Crippen molar-refractivity contribution < 1.29 is 4.48 Å². The third-order valence-corrected chi connectivity index (χ3v) is 1.50. The Morgan fingerprint density at radius 3 is 1.92 bits per heavy atom. The molecular formula is C10H17ClN+. The Morgan fingerprint density at radius 1 is 1.00 bits per heavy atom. The summed E-state index contributed by atoms with van der Waals surface area (Å²) in [5, 5.41) is 0. The summed E-state index contributed by atoms with van der Waals surface area (Å²) in [6, 6.07) is 10.6. The number of hydrogen-bond donors (Lipinski definition) is 0. The van der Waals surface area contributed by atoms with E-state index in [0.717, 1.165) is 11.0 Å². The van der Waals surface area contributed by atoms with Gasteiger partial charge >= 0.3 is 0 Å². The molecule has 12 heavy (non-hydrogen) atoms. The Labute approximate surface area is 81.0 Å². The Kier molecular flexibility index (Phi) is 4.29. The van der Waals surface area contributed by atoms with Gasteiger partial charge < -0.3 is 4.48 Å². The van der Waals surface area contributed by atoms with E-state index >= 15 is 0 Å². The van der Waals surface area contributed by atoms with Crippen LogP contribution in [0.4, 0.5) is 0 Å². The number of quaternary nitrogens is 1. The van der Waals surface area contributed by atoms with Crippen LogP contribution in [0.3, 0.4) is 0 Å². The van der Waals surface area contributed by atoms with Crippen LogP contribution in [0, 0.1) is 0 Å². The van der Waals surface area contributed by atoms with E-state index in [1.54, 1.807) is 0 Å². The van der Waals surface area contributed by atoms with Crippen LogP contribution in [0.25, 0.3) is 0 Å². The quantitative estimate of drug-likeness (QED) is 0.622. The molecule has 1 aromatic rings. The molecule has 1 rings (SSSR count). The van der Waals surface area contributed by atoms with Crippen LogP contribution in [0.15, 0.2) is 30.3 Å². The molecule has 0 N–H and O–H groups in total. The average Bonchev–Trinajstić information content (AvgIpc) is 1.85. The highest BCUT2D eigenvalue weighted by Crippen LogP contribution is 2.04. The fraction of sp³-hybridized carbons (Fsp3) is 0.400. The molecule has 0 unspecified atom stereocenters. The summed E-state index contributed by atoms with van der Waals surface area (Å²) in [4.78, 5) is 0. The zero-order valence-corrected chi connectivity index (χ0v) is 8.77. The smallest absolute Gasteiger partial charge is 0.104 e. The molecule has 0 aliphatic heterocycles. The average molecular weight is 187 g/mol. The van der Waals surface area contributed by atoms with E-state index in [4.69, 9.17) is 0 Å². The zero-order valence-electron chi connectivity index (χ0n) is 7.95. The molecule has 0 atom stereocenters. The third kappa shape index (κ3) is 4.37. The van der Waals surface area contributed by atoms with Gasteiger partial charge in [0.15, 0.2) is 0 Å². The van der Waals surface area contributed by atoms with Gasteiger partial charge in [-0.05, 0) is 0 Å². The number of benzene rings is 1. The minimum Gasteiger partial charge on any atom is -0.327 e. The minimum atomic E-state index is 0. The first-order valence-corrected chi connectivity index (χ1v) is 3.92. The van der Waals surface area contributed by atoms with Crippen LogP contribution in [0.5, 0.6) is 0 Å². The molecule has 0 radical (unpaired) electrons. The number of rotatable bonds is 2. The fourth-order valence-electron chi connectivity index (χ4n) is 1.13. The van der Waals surface area contributed by atoms with E-state index in [1.165, 1.54) is 5.56 Å². The molecule has 0 aliphatic carbocycles. The predicted octanol–water partition coefficient (Wildman–Crippen LogP) is 2.31. The topological polar surface area (TPSA) is 0 Å². The highest BCUT2D eigenvalue weighted by molar-refractivity contribution is 5.85. The van der Waals surface area contributed by atoms with Gasteiger partial charge in [0.1, 0.15) is 6.54 Å². The second-order valence-corrected chi connectivity index (χ2v) is 3.93. The number of nitrogens with zero attached hydrogens (tertiary/aromatic N) is 1. The van der Waals surface area contributed by atoms with Gasteiger partial charge in [-0.15, -0.1) is 12.4 Å². The van der Waals surface area contributed by atoms with E-state index in [1.807, 2.05) is 0 Å². The number of halogens is 1. The molecule has 1 aromatic carbocycles. The molecule has 1 nitrogen and oxygen atoms in total. The standard InChI is InChI=1S/C10H16N.ClH/c1-11(2,3)9-10-7-5-4-6-8-10;/h4-8H,9H2,1-3H3;1H/q+1;. The molecule has 2 heteroatoms. The molecule has 0 saturated carbocycles. The van der Waals surface area contributed by atoms with Gasteiger partial charge in [0.05, 0.1) is 21.1 Å². The van der Waals surface area contributed by atoms with E-state index in [9.17, 15) is 0 Å². The lowest BCUT2D eigenvalue weighted by molar-refractivity contribution is -0.884. The SMILES string of the molecule is C[N+](C)(C)Cc1ccccc1.Cl. The largest absolute Gasteiger partial charge is 0.327 e. The van der Waals surface area contributed by atoms with Gasteiger partial charge in [-0.2, -0.15) is 0 Å². The lowest BCUT2D eigenvalue weighted by Gasteiger charge is -2.23. The van der Waals surface area contributed by atoms with E-state index < -0.39 is 0 Å². The minimum absolute atomic E-state index is 0. The third-order valence-electron chi connectivity index (χ3n) is 1.50. The van der Waals surface area contributed by atoms with Crippen molar-refractivity contribution in [2.75, 3.05) is 21.1 Å². The molecule has 0 spiro atoms. The van der Waals surface area contributed by atoms with E-state index in [2.05, 4.69) is 51.5 Å². The number of hydrogen-bond acceptors (Lipinski definition) is 0. The van der Waals surface area contributed by atoms with Crippen molar-refractivity contribution in [2.24, 2.45) is 0 Å². The zero-order chi connectivity index (χ0) is 8.32. The van der Waals surface area contributed by atoms with Crippen LogP contribution in [0.2, 0.25) is 0 Å². The normalized spacial score (nSPS) is 10.6. The molecular weight excluding hydrogens is 170 g/mol. The Hall–Kier alpha value is -0.530. The van der Waals surface area contributed by atoms with Crippen LogP contribution in [0.1, 0.15) is 5.56 Å². The van der Waals surface area contributed by atoms with Crippen molar-refractivity contribution in [3.8, 4) is 0 Å². The molecule has 68 valence electrons. The molecule has 0 aliphatic rings. The van der Waals surface area contributed by atoms with Gasteiger partial charge in [0.25, 0.3) is 0 Å². The molecule has 0 saturated heterocycles. The second kappa shape index (κ2) is 4.48. The predicted molar refractivity (Wildman–Crippen MR) is 55.4 cm³/mol. The second-order valence-electron chi connectivity index (χ2n) is 3.93. The van der Waals surface area contributed by atoms with Crippen LogP contribution >= 0.6 is 12.4 Å². The van der Waals surface area contributed by atoms with Crippen molar-refractivity contribution >= 4 is 12.4 Å². The van der Waals surface area contributed by atoms with Crippen LogP contribution < -0.4 is 0 Å². The van der Waals surface area contributed by atoms with Gasteiger partial charge in [0.2, 0.25) is 0 Å². The van der Waals surface area contributed by atoms with Crippen molar-refractivity contribution in [3.63, 3.8) is 0 Å². The molecule has 0 heterocycles. The van der Waals surface area contributed by atoms with Gasteiger partial charge in [-0.25, -0.2) is 0 Å². The summed E-state index contributed by atoms with van der Waals surface area (Å²) in [5.74, 6) is 0. The maximum Gasteiger partial charge on any atom is 0.104 e. The summed E-state index contributed by atoms with van der Waals surface area (Å²) in [7, 11) is 6.60. The molecule has 0 bridgehead atoms. The first-order chi connectivity index (χ1) is 5.08. The first-order valence-electron chi connectivity index (χ1n) is 3.92. The molecule has 0 aromatic heterocycles. The maximum atomic E-state index is 2.20. The highest BCUT2D eigenvalue weighted by Gasteiger charge is 2.06. The van der Waals surface area contributed by atoms with Gasteiger partial charge in [-0.3, -0.25) is 0 Å². The Morgan fingerprint density at radius 2 is 1.50 bits per heavy atom. The lowest BCUT2D eigenvalue weighted by atomic mass is 10.2. The fourth-order valence-corrected chi connectivity index (χ4v) is 1.13. The lowest BCUT2D eigenvalue weighted by Crippen LogP contribution is -2.33. The Balaban J connectivity index is 0.00000121. The molecule has 0 fully saturated rings. The highest BCUT2D eigenvalue weighted by atomic mass is 35.5. The van der Waals surface area contributed by atoms with Crippen LogP contribution in [-0.2, 0) is 6.54 Å². The summed E-state index contributed by atoms with van der Waals surface area (Å²) < 4.78 is 0.990. The first kappa shape index (κ1) is 11.5. The summed E-state index contributed by atoms with van der Waals surface area (Å²) in [6.45, 7) is 1.10. The van der Waals surface area contributed by atoms with E-state index in [0.29, 0.717) is 0 Å². The van der Waals surface area contributed by atoms with Gasteiger partial charge in [0, 0.05) is 5.56 Å². The van der Waals surface area contributed by atoms with Crippen molar-refractivity contribution in [1.29, 1.82) is 0 Å². The monoisotopic (exact) mass is 186 g/mol. The van der Waals surface area contributed by atoms with E-state index in [-0.39, 0.29) is 12.4 Å². The summed E-state index contributed by atoms with van der Waals surface area (Å²) in [5.41, 5.74) is 1.40. The summed E-state index contributed by atoms with van der Waals surface area (Å²) in [6.07, 6.45) is 0.